The number of hydrogen-bond acceptors (Lipinski definition) is 8. The van der Waals surface area contributed by atoms with Gasteiger partial charge in [-0.2, -0.15) is 0 Å². The van der Waals surface area contributed by atoms with Crippen LogP contribution in [0.5, 0.6) is 11.5 Å². The first-order valence-corrected chi connectivity index (χ1v) is 8.34. The summed E-state index contributed by atoms with van der Waals surface area (Å²) in [7, 11) is 0. The summed E-state index contributed by atoms with van der Waals surface area (Å²) < 4.78 is 14.8. The van der Waals surface area contributed by atoms with E-state index in [1.54, 1.807) is 48.7 Å². The summed E-state index contributed by atoms with van der Waals surface area (Å²) in [5, 5.41) is 8.41. The summed E-state index contributed by atoms with van der Waals surface area (Å²) in [5.74, 6) is -0.417. The van der Waals surface area contributed by atoms with Crippen molar-refractivity contribution in [3.05, 3.63) is 54.1 Å². The molecular weight excluding hydrogens is 362 g/mol. The minimum absolute atomic E-state index is 0.0611. The Hall–Kier alpha value is -3.99. The van der Waals surface area contributed by atoms with E-state index in [9.17, 15) is 9.59 Å². The van der Waals surface area contributed by atoms with Crippen molar-refractivity contribution >= 4 is 29.4 Å². The molecule has 0 spiro atoms. The van der Waals surface area contributed by atoms with Gasteiger partial charge in [-0.25, -0.2) is 4.79 Å². The fourth-order valence-electron chi connectivity index (χ4n) is 2.11. The van der Waals surface area contributed by atoms with E-state index in [1.807, 2.05) is 0 Å². The average Bonchev–Trinajstić information content (AvgIpc) is 2.68. The summed E-state index contributed by atoms with van der Waals surface area (Å²) in [6.45, 7) is 0.0691. The van der Waals surface area contributed by atoms with E-state index in [4.69, 9.17) is 26.2 Å². The van der Waals surface area contributed by atoms with E-state index in [0.717, 1.165) is 5.56 Å². The van der Waals surface area contributed by atoms with Crippen molar-refractivity contribution in [1.29, 1.82) is 5.26 Å². The molecule has 0 radical (unpaired) electrons. The molecule has 28 heavy (non-hydrogen) atoms. The fraction of sp³-hybridized carbons (Fsp3) is 0.150. The lowest BCUT2D eigenvalue weighted by Gasteiger charge is -2.08. The molecule has 0 fully saturated rings. The second kappa shape index (κ2) is 10.2. The highest BCUT2D eigenvalue weighted by molar-refractivity contribution is 5.87. The first-order valence-electron chi connectivity index (χ1n) is 8.34. The van der Waals surface area contributed by atoms with Gasteiger partial charge < -0.3 is 25.7 Å². The van der Waals surface area contributed by atoms with Gasteiger partial charge in [0.2, 0.25) is 0 Å². The molecule has 0 aliphatic rings. The molecule has 8 nitrogen and oxygen atoms in total. The molecule has 0 saturated carbocycles. The summed E-state index contributed by atoms with van der Waals surface area (Å²) in [6.07, 6.45) is 4.77. The first-order chi connectivity index (χ1) is 13.5. The van der Waals surface area contributed by atoms with Gasteiger partial charge in [0.15, 0.2) is 5.75 Å². The van der Waals surface area contributed by atoms with Crippen molar-refractivity contribution in [2.24, 2.45) is 0 Å². The minimum Gasteiger partial charge on any atom is -0.463 e. The molecule has 0 unspecified atom stereocenters. The Balaban J connectivity index is 1.69. The summed E-state index contributed by atoms with van der Waals surface area (Å²) in [4.78, 5) is 23.5. The largest absolute Gasteiger partial charge is 0.463 e. The summed E-state index contributed by atoms with van der Waals surface area (Å²) >= 11 is 0. The van der Waals surface area contributed by atoms with Crippen LogP contribution in [-0.4, -0.2) is 18.5 Å². The molecule has 0 aliphatic heterocycles. The van der Waals surface area contributed by atoms with Gasteiger partial charge in [-0.3, -0.25) is 4.79 Å². The van der Waals surface area contributed by atoms with E-state index >= 15 is 0 Å². The van der Waals surface area contributed by atoms with Gasteiger partial charge in [0, 0.05) is 24.3 Å². The van der Waals surface area contributed by atoms with Gasteiger partial charge in [-0.05, 0) is 42.3 Å². The Labute approximate surface area is 161 Å². The lowest BCUT2D eigenvalue weighted by Crippen LogP contribution is -2.11. The van der Waals surface area contributed by atoms with E-state index in [2.05, 4.69) is 4.74 Å². The molecule has 0 aromatic heterocycles. The van der Waals surface area contributed by atoms with Crippen molar-refractivity contribution in [2.45, 2.75) is 12.8 Å². The molecule has 0 saturated heterocycles. The standard InChI is InChI=1S/C20H19N3O5/c21-13-27-16-7-3-14(4-8-16)5-10-19(24)26-11-1-2-20(25)28-18-12-15(22)6-9-17(18)23/h3-10,12H,1-2,11,22-23H2/b10-5+. The quantitative estimate of drug-likeness (QED) is 0.178. The number of carbonyl (C=O) groups is 2. The van der Waals surface area contributed by atoms with Gasteiger partial charge in [0.1, 0.15) is 5.75 Å². The molecule has 8 heteroatoms. The van der Waals surface area contributed by atoms with Crippen LogP contribution < -0.4 is 20.9 Å². The van der Waals surface area contributed by atoms with Crippen molar-refractivity contribution < 1.29 is 23.8 Å². The van der Waals surface area contributed by atoms with Crippen LogP contribution in [0.3, 0.4) is 0 Å². The van der Waals surface area contributed by atoms with Crippen LogP contribution in [0.25, 0.3) is 6.08 Å². The van der Waals surface area contributed by atoms with Crippen LogP contribution in [-0.2, 0) is 14.3 Å². The third kappa shape index (κ3) is 6.72. The van der Waals surface area contributed by atoms with E-state index in [-0.39, 0.29) is 18.8 Å². The van der Waals surface area contributed by atoms with Crippen molar-refractivity contribution in [2.75, 3.05) is 18.1 Å². The molecule has 2 aromatic rings. The second-order valence-corrected chi connectivity index (χ2v) is 5.64. The number of anilines is 2. The highest BCUT2D eigenvalue weighted by atomic mass is 16.5. The first kappa shape index (κ1) is 20.3. The Morgan fingerprint density at radius 3 is 2.57 bits per heavy atom. The monoisotopic (exact) mass is 381 g/mol. The van der Waals surface area contributed by atoms with Crippen LogP contribution in [0.1, 0.15) is 18.4 Å². The Kier molecular flexibility index (Phi) is 7.43. The molecule has 4 N–H and O–H groups in total. The maximum absolute atomic E-state index is 11.8. The Bertz CT molecular complexity index is 901. The van der Waals surface area contributed by atoms with E-state index in [1.165, 1.54) is 12.1 Å². The van der Waals surface area contributed by atoms with Crippen molar-refractivity contribution in [3.63, 3.8) is 0 Å². The van der Waals surface area contributed by atoms with Gasteiger partial charge in [0.25, 0.3) is 6.26 Å². The van der Waals surface area contributed by atoms with Crippen molar-refractivity contribution in [1.82, 2.24) is 0 Å². The maximum Gasteiger partial charge on any atom is 0.330 e. The zero-order valence-corrected chi connectivity index (χ0v) is 15.0. The van der Waals surface area contributed by atoms with Gasteiger partial charge in [-0.1, -0.05) is 12.1 Å². The third-order valence-corrected chi connectivity index (χ3v) is 3.49. The molecule has 0 atom stereocenters. The van der Waals surface area contributed by atoms with Gasteiger partial charge in [0.05, 0.1) is 12.3 Å². The predicted molar refractivity (Wildman–Crippen MR) is 103 cm³/mol. The highest BCUT2D eigenvalue weighted by Gasteiger charge is 2.09. The number of rotatable bonds is 8. The Morgan fingerprint density at radius 2 is 1.86 bits per heavy atom. The van der Waals surface area contributed by atoms with Crippen LogP contribution in [0, 0.1) is 11.5 Å². The SMILES string of the molecule is N#COc1ccc(/C=C/C(=O)OCCCC(=O)Oc2cc(N)ccc2N)cc1. The third-order valence-electron chi connectivity index (χ3n) is 3.49. The number of carbonyl (C=O) groups excluding carboxylic acids is 2. The fourth-order valence-corrected chi connectivity index (χ4v) is 2.11. The van der Waals surface area contributed by atoms with Crippen LogP contribution >= 0.6 is 0 Å². The molecule has 0 bridgehead atoms. The summed E-state index contributed by atoms with van der Waals surface area (Å²) in [6, 6.07) is 11.2. The van der Waals surface area contributed by atoms with Crippen LogP contribution in [0.2, 0.25) is 0 Å². The average molecular weight is 381 g/mol. The zero-order valence-electron chi connectivity index (χ0n) is 15.0. The van der Waals surface area contributed by atoms with Crippen LogP contribution in [0.15, 0.2) is 48.5 Å². The van der Waals surface area contributed by atoms with Crippen LogP contribution in [0.4, 0.5) is 11.4 Å². The molecule has 2 rings (SSSR count). The smallest absolute Gasteiger partial charge is 0.330 e. The topological polar surface area (TPSA) is 138 Å². The van der Waals surface area contributed by atoms with E-state index in [0.29, 0.717) is 23.5 Å². The number of nitrogens with two attached hydrogens (primary N) is 2. The predicted octanol–water partition coefficient (Wildman–Crippen LogP) is 2.65. The number of benzene rings is 2. The highest BCUT2D eigenvalue weighted by Crippen LogP contribution is 2.24. The Morgan fingerprint density at radius 1 is 1.11 bits per heavy atom. The van der Waals surface area contributed by atoms with Gasteiger partial charge >= 0.3 is 11.9 Å². The number of esters is 2. The molecule has 0 heterocycles. The van der Waals surface area contributed by atoms with E-state index < -0.39 is 11.9 Å². The number of nitriles is 1. The molecule has 0 aliphatic carbocycles. The number of nitrogens with zero attached hydrogens (tertiary/aromatic N) is 1. The number of ether oxygens (including phenoxy) is 3. The van der Waals surface area contributed by atoms with Gasteiger partial charge in [-0.15, -0.1) is 5.26 Å². The molecule has 144 valence electrons. The molecular formula is C20H19N3O5. The molecule has 0 amide bonds. The minimum atomic E-state index is -0.536. The lowest BCUT2D eigenvalue weighted by atomic mass is 10.2. The number of nitrogen functional groups attached to an aromatic ring is 2. The zero-order chi connectivity index (χ0) is 20.4. The molecule has 2 aromatic carbocycles. The normalized spacial score (nSPS) is 10.2. The second-order valence-electron chi connectivity index (χ2n) is 5.64. The summed E-state index contributed by atoms with van der Waals surface area (Å²) in [5.41, 5.74) is 12.8. The lowest BCUT2D eigenvalue weighted by molar-refractivity contribution is -0.140. The van der Waals surface area contributed by atoms with Crippen molar-refractivity contribution in [3.8, 4) is 17.8 Å². The number of hydrogen-bond donors (Lipinski definition) is 2. The maximum atomic E-state index is 11.8.